The van der Waals surface area contributed by atoms with Crippen LogP contribution in [-0.2, 0) is 11.0 Å². The van der Waals surface area contributed by atoms with Crippen molar-refractivity contribution in [1.82, 2.24) is 10.6 Å². The van der Waals surface area contributed by atoms with Gasteiger partial charge in [-0.25, -0.2) is 4.79 Å². The van der Waals surface area contributed by atoms with E-state index in [4.69, 9.17) is 11.6 Å². The van der Waals surface area contributed by atoms with E-state index in [0.29, 0.717) is 0 Å². The van der Waals surface area contributed by atoms with Gasteiger partial charge < -0.3 is 5.32 Å². The topological polar surface area (TPSA) is 58.2 Å². The molecule has 0 spiro atoms. The van der Waals surface area contributed by atoms with Crippen LogP contribution in [-0.4, -0.2) is 23.2 Å². The molecule has 0 saturated carbocycles. The normalized spacial score (nSPS) is 12.0. The molecular formula is C14H16ClF3N2O2S. The third-order valence-corrected chi connectivity index (χ3v) is 3.68. The van der Waals surface area contributed by atoms with Gasteiger partial charge in [0.05, 0.1) is 16.3 Å². The summed E-state index contributed by atoms with van der Waals surface area (Å²) in [6.45, 7) is 5.24. The number of hydrogen-bond donors (Lipinski definition) is 2. The number of hydrogen-bond acceptors (Lipinski definition) is 3. The van der Waals surface area contributed by atoms with E-state index in [-0.39, 0.29) is 10.6 Å². The summed E-state index contributed by atoms with van der Waals surface area (Å²) in [7, 11) is 0. The van der Waals surface area contributed by atoms with Gasteiger partial charge in [-0.15, -0.1) is 11.8 Å². The second-order valence-electron chi connectivity index (χ2n) is 5.68. The summed E-state index contributed by atoms with van der Waals surface area (Å²) in [5, 5.41) is 4.24. The summed E-state index contributed by atoms with van der Waals surface area (Å²) >= 11 is 6.39. The maximum absolute atomic E-state index is 12.7. The number of rotatable bonds is 3. The van der Waals surface area contributed by atoms with Gasteiger partial charge in [-0.2, -0.15) is 13.2 Å². The molecule has 0 unspecified atom stereocenters. The minimum atomic E-state index is -4.57. The maximum Gasteiger partial charge on any atom is 0.417 e. The SMILES string of the molecule is CC(C)(C)NC(=O)NC(=O)CSc1ccc(Cl)c(C(F)(F)F)c1. The molecule has 128 valence electrons. The summed E-state index contributed by atoms with van der Waals surface area (Å²) in [5.74, 6) is -0.809. The Balaban J connectivity index is 2.62. The molecule has 0 aliphatic rings. The number of urea groups is 1. The third-order valence-electron chi connectivity index (χ3n) is 2.35. The molecule has 4 nitrogen and oxygen atoms in total. The highest BCUT2D eigenvalue weighted by molar-refractivity contribution is 8.00. The molecule has 0 heterocycles. The van der Waals surface area contributed by atoms with Crippen LogP contribution in [0.3, 0.4) is 0 Å². The van der Waals surface area contributed by atoms with E-state index in [1.165, 1.54) is 6.07 Å². The fourth-order valence-electron chi connectivity index (χ4n) is 1.49. The summed E-state index contributed by atoms with van der Waals surface area (Å²) in [4.78, 5) is 23.3. The highest BCUT2D eigenvalue weighted by Gasteiger charge is 2.33. The van der Waals surface area contributed by atoms with Crippen LogP contribution < -0.4 is 10.6 Å². The first-order valence-corrected chi connectivity index (χ1v) is 7.86. The molecule has 0 atom stereocenters. The van der Waals surface area contributed by atoms with Crippen molar-refractivity contribution >= 4 is 35.3 Å². The lowest BCUT2D eigenvalue weighted by Gasteiger charge is -2.20. The largest absolute Gasteiger partial charge is 0.417 e. The maximum atomic E-state index is 12.7. The van der Waals surface area contributed by atoms with E-state index in [0.717, 1.165) is 23.9 Å². The van der Waals surface area contributed by atoms with Crippen molar-refractivity contribution in [2.45, 2.75) is 37.4 Å². The van der Waals surface area contributed by atoms with E-state index in [9.17, 15) is 22.8 Å². The molecule has 0 fully saturated rings. The van der Waals surface area contributed by atoms with E-state index in [1.807, 2.05) is 0 Å². The van der Waals surface area contributed by atoms with E-state index < -0.39 is 34.2 Å². The van der Waals surface area contributed by atoms with Crippen LogP contribution in [0, 0.1) is 0 Å². The third kappa shape index (κ3) is 7.13. The molecule has 2 N–H and O–H groups in total. The molecule has 3 amide bonds. The number of imide groups is 1. The molecule has 0 aliphatic heterocycles. The molecule has 0 aromatic heterocycles. The minimum absolute atomic E-state index is 0.198. The zero-order valence-electron chi connectivity index (χ0n) is 12.7. The highest BCUT2D eigenvalue weighted by atomic mass is 35.5. The molecule has 0 saturated heterocycles. The minimum Gasteiger partial charge on any atom is -0.333 e. The lowest BCUT2D eigenvalue weighted by molar-refractivity contribution is -0.137. The van der Waals surface area contributed by atoms with Crippen LogP contribution in [0.4, 0.5) is 18.0 Å². The number of nitrogens with one attached hydrogen (secondary N) is 2. The van der Waals surface area contributed by atoms with Crippen LogP contribution in [0.5, 0.6) is 0 Å². The Hall–Kier alpha value is -1.41. The molecular weight excluding hydrogens is 353 g/mol. The van der Waals surface area contributed by atoms with Crippen LogP contribution in [0.1, 0.15) is 26.3 Å². The molecule has 0 bridgehead atoms. The quantitative estimate of drug-likeness (QED) is 0.790. The number of halogens is 4. The fourth-order valence-corrected chi connectivity index (χ4v) is 2.45. The molecule has 1 aromatic rings. The molecule has 23 heavy (non-hydrogen) atoms. The van der Waals surface area contributed by atoms with Crippen molar-refractivity contribution in [2.75, 3.05) is 5.75 Å². The number of carbonyl (C=O) groups excluding carboxylic acids is 2. The number of carbonyl (C=O) groups is 2. The smallest absolute Gasteiger partial charge is 0.333 e. The van der Waals surface area contributed by atoms with Gasteiger partial charge in [0.2, 0.25) is 5.91 Å². The fraction of sp³-hybridized carbons (Fsp3) is 0.429. The van der Waals surface area contributed by atoms with Gasteiger partial charge in [-0.05, 0) is 39.0 Å². The van der Waals surface area contributed by atoms with Crippen LogP contribution in [0.25, 0.3) is 0 Å². The Morgan fingerprint density at radius 2 is 1.83 bits per heavy atom. The van der Waals surface area contributed by atoms with Crippen molar-refractivity contribution in [2.24, 2.45) is 0 Å². The first-order chi connectivity index (χ1) is 10.4. The zero-order chi connectivity index (χ0) is 17.8. The van der Waals surface area contributed by atoms with E-state index >= 15 is 0 Å². The van der Waals surface area contributed by atoms with Crippen molar-refractivity contribution in [1.29, 1.82) is 0 Å². The highest BCUT2D eigenvalue weighted by Crippen LogP contribution is 2.36. The van der Waals surface area contributed by atoms with Gasteiger partial charge in [-0.3, -0.25) is 10.1 Å². The number of thioether (sulfide) groups is 1. The van der Waals surface area contributed by atoms with Gasteiger partial charge in [0.25, 0.3) is 0 Å². The average molecular weight is 369 g/mol. The molecule has 1 rings (SSSR count). The van der Waals surface area contributed by atoms with Gasteiger partial charge in [-0.1, -0.05) is 11.6 Å². The van der Waals surface area contributed by atoms with Crippen molar-refractivity contribution in [3.63, 3.8) is 0 Å². The monoisotopic (exact) mass is 368 g/mol. The number of alkyl halides is 3. The van der Waals surface area contributed by atoms with Crippen molar-refractivity contribution in [3.05, 3.63) is 28.8 Å². The molecule has 0 aliphatic carbocycles. The number of amides is 3. The van der Waals surface area contributed by atoms with E-state index in [2.05, 4.69) is 10.6 Å². The molecule has 9 heteroatoms. The van der Waals surface area contributed by atoms with Crippen molar-refractivity contribution < 1.29 is 22.8 Å². The summed E-state index contributed by atoms with van der Waals surface area (Å²) in [6.07, 6.45) is -4.57. The van der Waals surface area contributed by atoms with Gasteiger partial charge in [0.15, 0.2) is 0 Å². The standard InChI is InChI=1S/C14H16ClF3N2O2S/c1-13(2,3)20-12(22)19-11(21)7-23-8-4-5-10(15)9(6-8)14(16,17)18/h4-6H,7H2,1-3H3,(H2,19,20,21,22). The first kappa shape index (κ1) is 19.6. The second kappa shape index (κ2) is 7.44. The Morgan fingerprint density at radius 3 is 2.35 bits per heavy atom. The predicted molar refractivity (Wildman–Crippen MR) is 83.6 cm³/mol. The number of benzene rings is 1. The first-order valence-electron chi connectivity index (χ1n) is 6.50. The Kier molecular flexibility index (Phi) is 6.35. The summed E-state index contributed by atoms with van der Waals surface area (Å²) < 4.78 is 38.2. The van der Waals surface area contributed by atoms with Gasteiger partial charge in [0, 0.05) is 10.4 Å². The Bertz CT molecular complexity index is 601. The van der Waals surface area contributed by atoms with Crippen LogP contribution in [0.15, 0.2) is 23.1 Å². The van der Waals surface area contributed by atoms with Crippen molar-refractivity contribution in [3.8, 4) is 0 Å². The summed E-state index contributed by atoms with van der Waals surface area (Å²) in [6, 6.07) is 2.71. The lowest BCUT2D eigenvalue weighted by atomic mass is 10.1. The van der Waals surface area contributed by atoms with Gasteiger partial charge in [0.1, 0.15) is 0 Å². The van der Waals surface area contributed by atoms with Gasteiger partial charge >= 0.3 is 12.2 Å². The molecule has 1 aromatic carbocycles. The van der Waals surface area contributed by atoms with E-state index in [1.54, 1.807) is 20.8 Å². The van der Waals surface area contributed by atoms with Crippen LogP contribution >= 0.6 is 23.4 Å². The zero-order valence-corrected chi connectivity index (χ0v) is 14.2. The Morgan fingerprint density at radius 1 is 1.22 bits per heavy atom. The summed E-state index contributed by atoms with van der Waals surface area (Å²) in [5.41, 5.74) is -1.47. The van der Waals surface area contributed by atoms with Crippen LogP contribution in [0.2, 0.25) is 5.02 Å². The lowest BCUT2D eigenvalue weighted by Crippen LogP contribution is -2.48. The Labute approximate surface area is 141 Å². The predicted octanol–water partition coefficient (Wildman–Crippen LogP) is 4.08. The second-order valence-corrected chi connectivity index (χ2v) is 7.14. The average Bonchev–Trinajstić information content (AvgIpc) is 2.33. The molecule has 0 radical (unpaired) electrons.